The highest BCUT2D eigenvalue weighted by molar-refractivity contribution is 5.76. The highest BCUT2D eigenvalue weighted by Gasteiger charge is 2.21. The summed E-state index contributed by atoms with van der Waals surface area (Å²) in [5, 5.41) is 8.76. The summed E-state index contributed by atoms with van der Waals surface area (Å²) in [5.41, 5.74) is 0. The second-order valence-corrected chi connectivity index (χ2v) is 2.86. The number of hydrogen-bond acceptors (Lipinski definition) is 2. The Morgan fingerprint density at radius 2 is 2.50 bits per heavy atom. The predicted molar refractivity (Wildman–Crippen MR) is 37.4 cm³/mol. The van der Waals surface area contributed by atoms with Gasteiger partial charge >= 0.3 is 0 Å². The van der Waals surface area contributed by atoms with Crippen LogP contribution in [0.25, 0.3) is 0 Å². The van der Waals surface area contributed by atoms with E-state index in [0.29, 0.717) is 12.3 Å². The number of likely N-dealkylation sites (tertiary alicyclic amines) is 1. The summed E-state index contributed by atoms with van der Waals surface area (Å²) in [5.74, 6) is 0.507. The SMILES string of the molecule is CN1CC(CO)CCC1=O. The topological polar surface area (TPSA) is 40.5 Å². The van der Waals surface area contributed by atoms with E-state index in [1.54, 1.807) is 11.9 Å². The zero-order valence-electron chi connectivity index (χ0n) is 6.21. The smallest absolute Gasteiger partial charge is 0.222 e. The average Bonchev–Trinajstić information content (AvgIpc) is 1.95. The first-order valence-electron chi connectivity index (χ1n) is 3.59. The van der Waals surface area contributed by atoms with Gasteiger partial charge < -0.3 is 10.0 Å². The van der Waals surface area contributed by atoms with E-state index in [9.17, 15) is 4.79 Å². The van der Waals surface area contributed by atoms with Gasteiger partial charge in [0.05, 0.1) is 0 Å². The van der Waals surface area contributed by atoms with Crippen LogP contribution in [0.3, 0.4) is 0 Å². The van der Waals surface area contributed by atoms with Crippen LogP contribution in [0.15, 0.2) is 0 Å². The number of nitrogens with zero attached hydrogens (tertiary/aromatic N) is 1. The van der Waals surface area contributed by atoms with Crippen LogP contribution in [0.2, 0.25) is 0 Å². The van der Waals surface area contributed by atoms with Crippen molar-refractivity contribution >= 4 is 5.91 Å². The molecule has 1 fully saturated rings. The Morgan fingerprint density at radius 3 is 3.00 bits per heavy atom. The molecule has 0 aromatic rings. The number of hydrogen-bond donors (Lipinski definition) is 1. The van der Waals surface area contributed by atoms with Gasteiger partial charge in [-0.25, -0.2) is 0 Å². The summed E-state index contributed by atoms with van der Waals surface area (Å²) in [4.78, 5) is 12.6. The van der Waals surface area contributed by atoms with E-state index >= 15 is 0 Å². The largest absolute Gasteiger partial charge is 0.396 e. The Bertz CT molecular complexity index is 136. The molecule has 0 saturated carbocycles. The zero-order chi connectivity index (χ0) is 7.56. The van der Waals surface area contributed by atoms with Crippen LogP contribution in [0, 0.1) is 5.92 Å². The lowest BCUT2D eigenvalue weighted by molar-refractivity contribution is -0.133. The highest BCUT2D eigenvalue weighted by Crippen LogP contribution is 2.14. The third kappa shape index (κ3) is 1.48. The van der Waals surface area contributed by atoms with Gasteiger partial charge in [-0.05, 0) is 6.42 Å². The summed E-state index contributed by atoms with van der Waals surface area (Å²) in [6, 6.07) is 0. The van der Waals surface area contributed by atoms with E-state index in [-0.39, 0.29) is 12.5 Å². The first-order chi connectivity index (χ1) is 4.74. The minimum atomic E-state index is 0.199. The molecule has 3 heteroatoms. The normalized spacial score (nSPS) is 27.2. The van der Waals surface area contributed by atoms with Crippen molar-refractivity contribution in [3.63, 3.8) is 0 Å². The van der Waals surface area contributed by atoms with Crippen molar-refractivity contribution in [1.82, 2.24) is 4.90 Å². The number of aliphatic hydroxyl groups is 1. The molecule has 0 aliphatic carbocycles. The van der Waals surface area contributed by atoms with E-state index in [4.69, 9.17) is 5.11 Å². The first kappa shape index (κ1) is 7.54. The summed E-state index contributed by atoms with van der Waals surface area (Å²) in [7, 11) is 1.78. The van der Waals surface area contributed by atoms with Gasteiger partial charge in [-0.15, -0.1) is 0 Å². The highest BCUT2D eigenvalue weighted by atomic mass is 16.3. The van der Waals surface area contributed by atoms with Crippen molar-refractivity contribution < 1.29 is 9.90 Å². The Kier molecular flexibility index (Phi) is 2.27. The fourth-order valence-electron chi connectivity index (χ4n) is 1.25. The van der Waals surface area contributed by atoms with Gasteiger partial charge in [-0.2, -0.15) is 0 Å². The number of rotatable bonds is 1. The van der Waals surface area contributed by atoms with Crippen LogP contribution >= 0.6 is 0 Å². The van der Waals surface area contributed by atoms with E-state index in [0.717, 1.165) is 13.0 Å². The molecule has 1 unspecified atom stereocenters. The van der Waals surface area contributed by atoms with E-state index in [2.05, 4.69) is 0 Å². The molecular formula is C7H13NO2. The molecule has 1 aliphatic heterocycles. The lowest BCUT2D eigenvalue weighted by Gasteiger charge is -2.28. The lowest BCUT2D eigenvalue weighted by atomic mass is 9.99. The third-order valence-electron chi connectivity index (χ3n) is 1.98. The monoisotopic (exact) mass is 143 g/mol. The molecule has 3 nitrogen and oxygen atoms in total. The van der Waals surface area contributed by atoms with Crippen LogP contribution in [-0.4, -0.2) is 36.1 Å². The van der Waals surface area contributed by atoms with Crippen molar-refractivity contribution in [3.05, 3.63) is 0 Å². The molecule has 58 valence electrons. The third-order valence-corrected chi connectivity index (χ3v) is 1.98. The number of amides is 1. The number of piperidine rings is 1. The van der Waals surface area contributed by atoms with Gasteiger partial charge in [0.25, 0.3) is 0 Å². The fraction of sp³-hybridized carbons (Fsp3) is 0.857. The summed E-state index contributed by atoms with van der Waals surface area (Å²) in [6.07, 6.45) is 1.45. The molecule has 1 amide bonds. The van der Waals surface area contributed by atoms with E-state index in [1.165, 1.54) is 0 Å². The van der Waals surface area contributed by atoms with Gasteiger partial charge in [0.15, 0.2) is 0 Å². The van der Waals surface area contributed by atoms with Gasteiger partial charge in [0.1, 0.15) is 0 Å². The molecule has 0 bridgehead atoms. The van der Waals surface area contributed by atoms with Crippen molar-refractivity contribution in [2.75, 3.05) is 20.2 Å². The molecule has 1 rings (SSSR count). The lowest BCUT2D eigenvalue weighted by Crippen LogP contribution is -2.38. The Balaban J connectivity index is 2.40. The fourth-order valence-corrected chi connectivity index (χ4v) is 1.25. The maximum absolute atomic E-state index is 10.9. The van der Waals surface area contributed by atoms with Crippen molar-refractivity contribution in [2.45, 2.75) is 12.8 Å². The number of carbonyl (C=O) groups excluding carboxylic acids is 1. The Morgan fingerprint density at radius 1 is 1.80 bits per heavy atom. The minimum absolute atomic E-state index is 0.199. The number of aliphatic hydroxyl groups excluding tert-OH is 1. The van der Waals surface area contributed by atoms with Crippen LogP contribution in [0.4, 0.5) is 0 Å². The van der Waals surface area contributed by atoms with Gasteiger partial charge in [0, 0.05) is 32.5 Å². The zero-order valence-corrected chi connectivity index (χ0v) is 6.21. The first-order valence-corrected chi connectivity index (χ1v) is 3.59. The molecular weight excluding hydrogens is 130 g/mol. The minimum Gasteiger partial charge on any atom is -0.396 e. The van der Waals surface area contributed by atoms with Crippen molar-refractivity contribution in [1.29, 1.82) is 0 Å². The molecule has 1 heterocycles. The molecule has 1 N–H and O–H groups in total. The van der Waals surface area contributed by atoms with Crippen molar-refractivity contribution in [2.24, 2.45) is 5.92 Å². The summed E-state index contributed by atoms with van der Waals surface area (Å²) in [6.45, 7) is 0.924. The second-order valence-electron chi connectivity index (χ2n) is 2.86. The van der Waals surface area contributed by atoms with Gasteiger partial charge in [0.2, 0.25) is 5.91 Å². The van der Waals surface area contributed by atoms with Crippen LogP contribution in [0.5, 0.6) is 0 Å². The van der Waals surface area contributed by atoms with Crippen LogP contribution < -0.4 is 0 Å². The molecule has 0 radical (unpaired) electrons. The Hall–Kier alpha value is -0.570. The molecule has 0 spiro atoms. The standard InChI is InChI=1S/C7H13NO2/c1-8-4-6(5-9)2-3-7(8)10/h6,9H,2-5H2,1H3. The van der Waals surface area contributed by atoms with Gasteiger partial charge in [-0.3, -0.25) is 4.79 Å². The van der Waals surface area contributed by atoms with E-state index in [1.807, 2.05) is 0 Å². The molecule has 1 atom stereocenters. The molecule has 10 heavy (non-hydrogen) atoms. The molecule has 0 aromatic heterocycles. The summed E-state index contributed by atoms with van der Waals surface area (Å²) >= 11 is 0. The molecule has 1 saturated heterocycles. The maximum Gasteiger partial charge on any atom is 0.222 e. The van der Waals surface area contributed by atoms with Crippen LogP contribution in [-0.2, 0) is 4.79 Å². The Labute approximate surface area is 60.6 Å². The second kappa shape index (κ2) is 3.01. The summed E-state index contributed by atoms with van der Waals surface area (Å²) < 4.78 is 0. The van der Waals surface area contributed by atoms with E-state index < -0.39 is 0 Å². The molecule has 0 aromatic carbocycles. The van der Waals surface area contributed by atoms with Crippen LogP contribution in [0.1, 0.15) is 12.8 Å². The molecule has 1 aliphatic rings. The predicted octanol–water partition coefficient (Wildman–Crippen LogP) is -0.153. The average molecular weight is 143 g/mol. The van der Waals surface area contributed by atoms with Crippen molar-refractivity contribution in [3.8, 4) is 0 Å². The number of carbonyl (C=O) groups is 1. The van der Waals surface area contributed by atoms with Gasteiger partial charge in [-0.1, -0.05) is 0 Å². The quantitative estimate of drug-likeness (QED) is 0.554. The maximum atomic E-state index is 10.9.